The highest BCUT2D eigenvalue weighted by Gasteiger charge is 2.49. The standard InChI is InChI=1S/C19H29F2N3O3/c1-17(2,22-16(26)18(3,4)19(5,20)21)13-23-8-10-24(11-9-23)15(25)14-7-6-12-27-14/h6-7,12H,8-11,13H2,1-5H3,(H,22,26). The molecule has 1 aromatic heterocycles. The first kappa shape index (κ1) is 21.3. The van der Waals surface area contributed by atoms with Crippen LogP contribution in [0.3, 0.4) is 0 Å². The van der Waals surface area contributed by atoms with Crippen molar-refractivity contribution >= 4 is 11.8 Å². The normalized spacial score (nSPS) is 17.1. The van der Waals surface area contributed by atoms with Crippen LogP contribution in [0, 0.1) is 5.41 Å². The van der Waals surface area contributed by atoms with E-state index in [1.165, 1.54) is 20.1 Å². The highest BCUT2D eigenvalue weighted by atomic mass is 19.3. The molecule has 0 spiro atoms. The van der Waals surface area contributed by atoms with Gasteiger partial charge in [-0.3, -0.25) is 14.5 Å². The van der Waals surface area contributed by atoms with Gasteiger partial charge in [-0.05, 0) is 39.8 Å². The summed E-state index contributed by atoms with van der Waals surface area (Å²) in [7, 11) is 0. The number of amides is 2. The first-order valence-corrected chi connectivity index (χ1v) is 9.09. The monoisotopic (exact) mass is 385 g/mol. The zero-order chi connectivity index (χ0) is 20.5. The SMILES string of the molecule is CC(C)(CN1CCN(C(=O)c2ccco2)CC1)NC(=O)C(C)(C)C(C)(F)F. The van der Waals surface area contributed by atoms with Crippen molar-refractivity contribution in [2.24, 2.45) is 5.41 Å². The van der Waals surface area contributed by atoms with Crippen LogP contribution in [0.2, 0.25) is 0 Å². The Bertz CT molecular complexity index is 658. The Morgan fingerprint density at radius 3 is 2.19 bits per heavy atom. The number of halogens is 2. The van der Waals surface area contributed by atoms with Gasteiger partial charge >= 0.3 is 0 Å². The number of furan rings is 1. The second-order valence-electron chi connectivity index (χ2n) is 8.40. The van der Waals surface area contributed by atoms with Crippen LogP contribution in [0.1, 0.15) is 45.2 Å². The van der Waals surface area contributed by atoms with E-state index in [-0.39, 0.29) is 5.91 Å². The summed E-state index contributed by atoms with van der Waals surface area (Å²) in [6, 6.07) is 3.31. The molecule has 2 amide bonds. The molecule has 2 rings (SSSR count). The fourth-order valence-corrected chi connectivity index (χ4v) is 2.93. The Kier molecular flexibility index (Phi) is 5.99. The van der Waals surface area contributed by atoms with Gasteiger partial charge < -0.3 is 14.6 Å². The lowest BCUT2D eigenvalue weighted by atomic mass is 9.84. The second kappa shape index (κ2) is 7.58. The number of hydrogen-bond acceptors (Lipinski definition) is 4. The van der Waals surface area contributed by atoms with Crippen molar-refractivity contribution in [1.29, 1.82) is 0 Å². The van der Waals surface area contributed by atoms with E-state index >= 15 is 0 Å². The molecule has 1 N–H and O–H groups in total. The maximum absolute atomic E-state index is 13.7. The van der Waals surface area contributed by atoms with E-state index in [2.05, 4.69) is 10.2 Å². The summed E-state index contributed by atoms with van der Waals surface area (Å²) in [5.74, 6) is -3.62. The van der Waals surface area contributed by atoms with Gasteiger partial charge in [0.15, 0.2) is 5.76 Å². The Labute approximate surface area is 158 Å². The van der Waals surface area contributed by atoms with Gasteiger partial charge in [-0.15, -0.1) is 0 Å². The quantitative estimate of drug-likeness (QED) is 0.818. The smallest absolute Gasteiger partial charge is 0.289 e. The van der Waals surface area contributed by atoms with Crippen molar-refractivity contribution in [2.75, 3.05) is 32.7 Å². The van der Waals surface area contributed by atoms with E-state index in [0.29, 0.717) is 38.5 Å². The van der Waals surface area contributed by atoms with Crippen molar-refractivity contribution in [2.45, 2.75) is 46.1 Å². The summed E-state index contributed by atoms with van der Waals surface area (Å²) in [4.78, 5) is 28.5. The molecule has 27 heavy (non-hydrogen) atoms. The molecule has 1 aliphatic rings. The molecule has 1 saturated heterocycles. The van der Waals surface area contributed by atoms with E-state index in [1.807, 2.05) is 13.8 Å². The molecule has 8 heteroatoms. The molecular formula is C19H29F2N3O3. The van der Waals surface area contributed by atoms with Crippen LogP contribution in [-0.4, -0.2) is 65.8 Å². The molecule has 0 aromatic carbocycles. The van der Waals surface area contributed by atoms with Gasteiger partial charge in [0.05, 0.1) is 6.26 Å². The Balaban J connectivity index is 1.88. The fourth-order valence-electron chi connectivity index (χ4n) is 2.93. The van der Waals surface area contributed by atoms with Crippen LogP contribution >= 0.6 is 0 Å². The van der Waals surface area contributed by atoms with Gasteiger partial charge in [0.25, 0.3) is 11.8 Å². The number of rotatable bonds is 6. The Morgan fingerprint density at radius 2 is 1.70 bits per heavy atom. The van der Waals surface area contributed by atoms with Gasteiger partial charge in [-0.1, -0.05) is 0 Å². The minimum Gasteiger partial charge on any atom is -0.459 e. The van der Waals surface area contributed by atoms with Crippen LogP contribution in [-0.2, 0) is 4.79 Å². The third-order valence-corrected chi connectivity index (χ3v) is 5.13. The number of nitrogens with one attached hydrogen (secondary N) is 1. The molecule has 1 aliphatic heterocycles. The maximum Gasteiger partial charge on any atom is 0.289 e. The number of hydrogen-bond donors (Lipinski definition) is 1. The number of carbonyl (C=O) groups excluding carboxylic acids is 2. The number of piperazine rings is 1. The molecule has 6 nitrogen and oxygen atoms in total. The molecule has 2 heterocycles. The summed E-state index contributed by atoms with van der Waals surface area (Å²) >= 11 is 0. The minimum atomic E-state index is -3.12. The number of carbonyl (C=O) groups is 2. The third-order valence-electron chi connectivity index (χ3n) is 5.13. The van der Waals surface area contributed by atoms with Gasteiger partial charge in [0, 0.05) is 45.2 Å². The molecule has 1 aromatic rings. The van der Waals surface area contributed by atoms with Crippen molar-refractivity contribution in [3.8, 4) is 0 Å². The minimum absolute atomic E-state index is 0.140. The van der Waals surface area contributed by atoms with Crippen molar-refractivity contribution in [3.63, 3.8) is 0 Å². The summed E-state index contributed by atoms with van der Waals surface area (Å²) < 4.78 is 32.6. The van der Waals surface area contributed by atoms with Crippen LogP contribution in [0.5, 0.6) is 0 Å². The van der Waals surface area contributed by atoms with Crippen LogP contribution in [0.25, 0.3) is 0 Å². The van der Waals surface area contributed by atoms with Gasteiger partial charge in [-0.25, -0.2) is 8.78 Å². The molecule has 0 saturated carbocycles. The van der Waals surface area contributed by atoms with E-state index in [4.69, 9.17) is 4.42 Å². The summed E-state index contributed by atoms with van der Waals surface area (Å²) in [6.45, 7) is 9.75. The molecule has 0 aliphatic carbocycles. The third kappa shape index (κ3) is 5.06. The molecular weight excluding hydrogens is 356 g/mol. The second-order valence-corrected chi connectivity index (χ2v) is 8.40. The van der Waals surface area contributed by atoms with E-state index in [1.54, 1.807) is 17.0 Å². The lowest BCUT2D eigenvalue weighted by Crippen LogP contribution is -2.59. The lowest BCUT2D eigenvalue weighted by molar-refractivity contribution is -0.153. The summed E-state index contributed by atoms with van der Waals surface area (Å²) in [6.07, 6.45) is 1.47. The Morgan fingerprint density at radius 1 is 1.11 bits per heavy atom. The first-order valence-electron chi connectivity index (χ1n) is 9.09. The molecule has 0 radical (unpaired) electrons. The average Bonchev–Trinajstić information content (AvgIpc) is 3.07. The molecule has 0 bridgehead atoms. The van der Waals surface area contributed by atoms with Crippen LogP contribution < -0.4 is 5.32 Å². The number of alkyl halides is 2. The van der Waals surface area contributed by atoms with Gasteiger partial charge in [0.2, 0.25) is 5.91 Å². The van der Waals surface area contributed by atoms with Gasteiger partial charge in [0.1, 0.15) is 5.41 Å². The predicted molar refractivity (Wildman–Crippen MR) is 97.7 cm³/mol. The van der Waals surface area contributed by atoms with E-state index < -0.39 is 22.8 Å². The zero-order valence-corrected chi connectivity index (χ0v) is 16.6. The first-order chi connectivity index (χ1) is 12.3. The molecule has 0 unspecified atom stereocenters. The highest BCUT2D eigenvalue weighted by Crippen LogP contribution is 2.36. The van der Waals surface area contributed by atoms with Crippen molar-refractivity contribution in [3.05, 3.63) is 24.2 Å². The van der Waals surface area contributed by atoms with E-state index in [0.717, 1.165) is 6.92 Å². The van der Waals surface area contributed by atoms with Crippen LogP contribution in [0.4, 0.5) is 8.78 Å². The average molecular weight is 385 g/mol. The summed E-state index contributed by atoms with van der Waals surface area (Å²) in [5.41, 5.74) is -2.47. The maximum atomic E-state index is 13.7. The molecule has 1 fully saturated rings. The largest absolute Gasteiger partial charge is 0.459 e. The molecule has 152 valence electrons. The number of nitrogens with zero attached hydrogens (tertiary/aromatic N) is 2. The van der Waals surface area contributed by atoms with E-state index in [9.17, 15) is 18.4 Å². The zero-order valence-electron chi connectivity index (χ0n) is 16.6. The van der Waals surface area contributed by atoms with Crippen LogP contribution in [0.15, 0.2) is 22.8 Å². The topological polar surface area (TPSA) is 65.8 Å². The fraction of sp³-hybridized carbons (Fsp3) is 0.684. The Hall–Kier alpha value is -1.96. The predicted octanol–water partition coefficient (Wildman–Crippen LogP) is 2.61. The van der Waals surface area contributed by atoms with Crippen molar-refractivity contribution in [1.82, 2.24) is 15.1 Å². The lowest BCUT2D eigenvalue weighted by Gasteiger charge is -2.40. The molecule has 0 atom stereocenters. The van der Waals surface area contributed by atoms with Gasteiger partial charge in [-0.2, -0.15) is 0 Å². The van der Waals surface area contributed by atoms with Crippen molar-refractivity contribution < 1.29 is 22.8 Å². The highest BCUT2D eigenvalue weighted by molar-refractivity contribution is 5.91. The summed E-state index contributed by atoms with van der Waals surface area (Å²) in [5, 5.41) is 2.75.